The van der Waals surface area contributed by atoms with Crippen molar-refractivity contribution >= 4 is 35.3 Å². The van der Waals surface area contributed by atoms with Crippen molar-refractivity contribution in [3.63, 3.8) is 0 Å². The maximum atomic E-state index is 12.6. The van der Waals surface area contributed by atoms with E-state index in [4.69, 9.17) is 0 Å². The van der Waals surface area contributed by atoms with Gasteiger partial charge in [-0.25, -0.2) is 4.40 Å². The molecule has 1 aromatic carbocycles. The highest BCUT2D eigenvalue weighted by Crippen LogP contribution is 2.21. The van der Waals surface area contributed by atoms with Gasteiger partial charge in [-0.2, -0.15) is 9.97 Å². The monoisotopic (exact) mass is 471 g/mol. The zero-order valence-electron chi connectivity index (χ0n) is 19.9. The average Bonchev–Trinajstić information content (AvgIpc) is 3.20. The van der Waals surface area contributed by atoms with Gasteiger partial charge in [0.15, 0.2) is 5.16 Å². The second kappa shape index (κ2) is 11.8. The minimum Gasteiger partial charge on any atom is -0.355 e. The second-order valence-electron chi connectivity index (χ2n) is 7.89. The molecule has 0 saturated heterocycles. The fraction of sp³-hybridized carbons (Fsp3) is 0.500. The molecular weight excluding hydrogens is 438 g/mol. The van der Waals surface area contributed by atoms with Crippen LogP contribution in [0.15, 0.2) is 29.4 Å². The fourth-order valence-corrected chi connectivity index (χ4v) is 3.87. The summed E-state index contributed by atoms with van der Waals surface area (Å²) in [5, 5.41) is 18.3. The number of amides is 1. The first-order chi connectivity index (χ1) is 15.9. The Morgan fingerprint density at radius 2 is 1.82 bits per heavy atom. The van der Waals surface area contributed by atoms with E-state index in [1.807, 2.05) is 26.0 Å². The Bertz CT molecular complexity index is 1070. The number of anilines is 2. The smallest absolute Gasteiger partial charge is 0.261 e. The highest BCUT2D eigenvalue weighted by molar-refractivity contribution is 7.99. The quantitative estimate of drug-likeness (QED) is 0.343. The van der Waals surface area contributed by atoms with Crippen LogP contribution in [0.3, 0.4) is 0 Å². The normalized spacial score (nSPS) is 11.4. The lowest BCUT2D eigenvalue weighted by Crippen LogP contribution is -2.28. The topological polar surface area (TPSA) is 112 Å². The summed E-state index contributed by atoms with van der Waals surface area (Å²) in [5.41, 5.74) is 2.34. The summed E-state index contributed by atoms with van der Waals surface area (Å²) in [6.45, 7) is 11.0. The number of nitrogens with one attached hydrogen (secondary N) is 3. The van der Waals surface area contributed by atoms with E-state index in [-0.39, 0.29) is 11.7 Å². The van der Waals surface area contributed by atoms with E-state index in [0.717, 1.165) is 12.1 Å². The predicted molar refractivity (Wildman–Crippen MR) is 133 cm³/mol. The highest BCUT2D eigenvalue weighted by Gasteiger charge is 2.16. The molecular formula is C22H33N9OS. The molecule has 0 atom stereocenters. The molecule has 0 aliphatic carbocycles. The maximum Gasteiger partial charge on any atom is 0.261 e. The molecule has 3 rings (SSSR count). The van der Waals surface area contributed by atoms with Crippen LogP contribution in [0.25, 0.3) is 5.78 Å². The molecule has 0 aliphatic rings. The van der Waals surface area contributed by atoms with Crippen LogP contribution in [0.1, 0.15) is 38.8 Å². The minimum absolute atomic E-state index is 0.0704. The number of fused-ring (bicyclic) bond motifs is 1. The molecule has 0 radical (unpaired) electrons. The van der Waals surface area contributed by atoms with E-state index in [0.29, 0.717) is 48.5 Å². The lowest BCUT2D eigenvalue weighted by Gasteiger charge is -2.22. The number of hydrogen-bond acceptors (Lipinski definition) is 9. The van der Waals surface area contributed by atoms with Crippen molar-refractivity contribution in [2.24, 2.45) is 0 Å². The molecule has 3 aromatic rings. The number of thioether (sulfide) groups is 1. The molecule has 0 spiro atoms. The number of nitrogens with zero attached hydrogens (tertiary/aromatic N) is 6. The van der Waals surface area contributed by atoms with Crippen LogP contribution >= 0.6 is 11.8 Å². The first-order valence-electron chi connectivity index (χ1n) is 11.2. The Hall–Kier alpha value is -2.92. The van der Waals surface area contributed by atoms with Crippen LogP contribution < -0.4 is 16.0 Å². The molecule has 3 N–H and O–H groups in total. The predicted octanol–water partition coefficient (Wildman–Crippen LogP) is 2.63. The molecule has 0 unspecified atom stereocenters. The number of rotatable bonds is 12. The van der Waals surface area contributed by atoms with E-state index in [9.17, 15) is 4.79 Å². The molecule has 178 valence electrons. The molecule has 11 heteroatoms. The van der Waals surface area contributed by atoms with Gasteiger partial charge >= 0.3 is 0 Å². The van der Waals surface area contributed by atoms with Crippen molar-refractivity contribution in [3.05, 3.63) is 35.4 Å². The second-order valence-corrected chi connectivity index (χ2v) is 8.83. The zero-order chi connectivity index (χ0) is 23.8. The first kappa shape index (κ1) is 24.7. The third kappa shape index (κ3) is 6.55. The number of benzene rings is 1. The van der Waals surface area contributed by atoms with Crippen LogP contribution in [0, 0.1) is 0 Å². The summed E-state index contributed by atoms with van der Waals surface area (Å²) < 4.78 is 1.74. The van der Waals surface area contributed by atoms with E-state index in [1.54, 1.807) is 4.40 Å². The van der Waals surface area contributed by atoms with E-state index >= 15 is 0 Å². The highest BCUT2D eigenvalue weighted by atomic mass is 32.2. The van der Waals surface area contributed by atoms with Crippen molar-refractivity contribution in [3.8, 4) is 0 Å². The first-order valence-corrected chi connectivity index (χ1v) is 12.2. The lowest BCUT2D eigenvalue weighted by atomic mass is 10.1. The van der Waals surface area contributed by atoms with Crippen LogP contribution in [-0.4, -0.2) is 67.3 Å². The summed E-state index contributed by atoms with van der Waals surface area (Å²) in [6, 6.07) is 8.66. The molecule has 33 heavy (non-hydrogen) atoms. The van der Waals surface area contributed by atoms with Crippen molar-refractivity contribution in [2.45, 2.75) is 52.0 Å². The molecule has 2 heterocycles. The lowest BCUT2D eigenvalue weighted by molar-refractivity contribution is -0.118. The molecule has 0 saturated carbocycles. The summed E-state index contributed by atoms with van der Waals surface area (Å²) in [6.07, 6.45) is 0. The number of carbonyl (C=O) groups excluding carboxylic acids is 1. The Morgan fingerprint density at radius 1 is 1.09 bits per heavy atom. The maximum absolute atomic E-state index is 12.6. The number of carbonyl (C=O) groups is 1. The molecule has 0 aliphatic heterocycles. The third-order valence-corrected chi connectivity index (χ3v) is 6.07. The third-order valence-electron chi connectivity index (χ3n) is 5.14. The van der Waals surface area contributed by atoms with Gasteiger partial charge in [0.05, 0.1) is 5.75 Å². The summed E-state index contributed by atoms with van der Waals surface area (Å²) in [7, 11) is 2.10. The Balaban J connectivity index is 1.64. The minimum atomic E-state index is -0.0704. The molecule has 1 amide bonds. The number of aromatic nitrogens is 5. The van der Waals surface area contributed by atoms with Gasteiger partial charge in [-0.15, -0.1) is 10.2 Å². The van der Waals surface area contributed by atoms with Gasteiger partial charge < -0.3 is 16.0 Å². The number of hydrogen-bond donors (Lipinski definition) is 3. The average molecular weight is 472 g/mol. The Kier molecular flexibility index (Phi) is 8.84. The van der Waals surface area contributed by atoms with Crippen molar-refractivity contribution < 1.29 is 4.79 Å². The van der Waals surface area contributed by atoms with Crippen molar-refractivity contribution in [1.29, 1.82) is 0 Å². The zero-order valence-corrected chi connectivity index (χ0v) is 20.7. The van der Waals surface area contributed by atoms with E-state index in [1.165, 1.54) is 17.3 Å². The Labute approximate surface area is 199 Å². The van der Waals surface area contributed by atoms with Gasteiger partial charge in [-0.05, 0) is 45.9 Å². The summed E-state index contributed by atoms with van der Waals surface area (Å²) >= 11 is 1.31. The molecule has 0 bridgehead atoms. The van der Waals surface area contributed by atoms with Crippen molar-refractivity contribution in [2.75, 3.05) is 36.5 Å². The van der Waals surface area contributed by atoms with Crippen LogP contribution in [0.2, 0.25) is 0 Å². The standard InChI is InChI=1S/C22H33N9OS/c1-6-23-19-26-20(24-7-2)31-21(27-19)28-29-22(31)33-14-18(32)25-12-16-10-8-9-11-17(16)13-30(5)15(3)4/h8-11,15H,6-7,12-14H2,1-5H3,(H,25,32)(H2,23,24,26,27,28). The molecule has 0 fully saturated rings. The largest absolute Gasteiger partial charge is 0.355 e. The van der Waals surface area contributed by atoms with Gasteiger partial charge in [0.1, 0.15) is 0 Å². The van der Waals surface area contributed by atoms with Gasteiger partial charge in [-0.3, -0.25) is 9.69 Å². The van der Waals surface area contributed by atoms with Gasteiger partial charge in [0.25, 0.3) is 5.78 Å². The van der Waals surface area contributed by atoms with Crippen LogP contribution in [0.4, 0.5) is 11.9 Å². The van der Waals surface area contributed by atoms with Gasteiger partial charge in [0.2, 0.25) is 17.8 Å². The Morgan fingerprint density at radius 3 is 2.52 bits per heavy atom. The summed E-state index contributed by atoms with van der Waals surface area (Å²) in [5.74, 6) is 1.66. The molecule has 2 aromatic heterocycles. The van der Waals surface area contributed by atoms with Crippen molar-refractivity contribution in [1.82, 2.24) is 34.8 Å². The summed E-state index contributed by atoms with van der Waals surface area (Å²) in [4.78, 5) is 23.7. The fourth-order valence-electron chi connectivity index (χ4n) is 3.11. The van der Waals surface area contributed by atoms with Gasteiger partial charge in [0, 0.05) is 32.2 Å². The van der Waals surface area contributed by atoms with E-state index < -0.39 is 0 Å². The van der Waals surface area contributed by atoms with E-state index in [2.05, 4.69) is 74.0 Å². The van der Waals surface area contributed by atoms with Crippen LogP contribution in [0.5, 0.6) is 0 Å². The molecule has 10 nitrogen and oxygen atoms in total. The SMILES string of the molecule is CCNc1nc(NCC)n2c(SCC(=O)NCc3ccccc3CN(C)C(C)C)nnc2n1. The van der Waals surface area contributed by atoms with Crippen LogP contribution in [-0.2, 0) is 17.9 Å². The van der Waals surface area contributed by atoms with Gasteiger partial charge in [-0.1, -0.05) is 36.0 Å².